The Bertz CT molecular complexity index is 719. The quantitative estimate of drug-likeness (QED) is 0.596. The van der Waals surface area contributed by atoms with Gasteiger partial charge in [0.15, 0.2) is 0 Å². The molecule has 0 aromatic heterocycles. The zero-order valence-corrected chi connectivity index (χ0v) is 15.8. The maximum Gasteiger partial charge on any atom is 0.304 e. The SMILES string of the molecule is CCC(=O)NC(C(=O)N1CCN(C)CC1)C(C)c1ccc([N+](=O)[O-])c(F)c1. The van der Waals surface area contributed by atoms with Gasteiger partial charge in [-0.1, -0.05) is 19.9 Å². The number of piperazine rings is 1. The Labute approximate surface area is 157 Å². The number of likely N-dealkylation sites (N-methyl/N-ethyl adjacent to an activating group) is 1. The van der Waals surface area contributed by atoms with E-state index >= 15 is 0 Å². The van der Waals surface area contributed by atoms with Crippen molar-refractivity contribution >= 4 is 17.5 Å². The summed E-state index contributed by atoms with van der Waals surface area (Å²) >= 11 is 0. The fourth-order valence-electron chi connectivity index (χ4n) is 3.05. The van der Waals surface area contributed by atoms with E-state index in [-0.39, 0.29) is 18.2 Å². The second-order valence-electron chi connectivity index (χ2n) is 6.78. The minimum Gasteiger partial charge on any atom is -0.344 e. The maximum atomic E-state index is 14.0. The van der Waals surface area contributed by atoms with E-state index in [1.165, 1.54) is 6.07 Å². The van der Waals surface area contributed by atoms with Crippen molar-refractivity contribution in [3.8, 4) is 0 Å². The number of hydrogen-bond donors (Lipinski definition) is 1. The molecule has 0 saturated carbocycles. The molecule has 9 heteroatoms. The van der Waals surface area contributed by atoms with Crippen LogP contribution < -0.4 is 5.32 Å². The number of hydrogen-bond acceptors (Lipinski definition) is 5. The summed E-state index contributed by atoms with van der Waals surface area (Å²) < 4.78 is 14.0. The van der Waals surface area contributed by atoms with E-state index in [0.29, 0.717) is 18.7 Å². The fraction of sp³-hybridized carbons (Fsp3) is 0.556. The summed E-state index contributed by atoms with van der Waals surface area (Å²) in [4.78, 5) is 38.8. The van der Waals surface area contributed by atoms with Crippen LogP contribution in [0, 0.1) is 15.9 Å². The van der Waals surface area contributed by atoms with E-state index in [1.807, 2.05) is 7.05 Å². The molecule has 2 unspecified atom stereocenters. The highest BCUT2D eigenvalue weighted by molar-refractivity contribution is 5.88. The van der Waals surface area contributed by atoms with E-state index in [1.54, 1.807) is 18.7 Å². The van der Waals surface area contributed by atoms with Gasteiger partial charge in [-0.15, -0.1) is 0 Å². The van der Waals surface area contributed by atoms with E-state index in [4.69, 9.17) is 0 Å². The lowest BCUT2D eigenvalue weighted by Crippen LogP contribution is -2.55. The first-order chi connectivity index (χ1) is 12.7. The maximum absolute atomic E-state index is 14.0. The van der Waals surface area contributed by atoms with Crippen LogP contribution in [0.25, 0.3) is 0 Å². The van der Waals surface area contributed by atoms with E-state index in [2.05, 4.69) is 10.2 Å². The highest BCUT2D eigenvalue weighted by Gasteiger charge is 2.33. The molecule has 1 aliphatic rings. The summed E-state index contributed by atoms with van der Waals surface area (Å²) in [5.74, 6) is -2.01. The van der Waals surface area contributed by atoms with Gasteiger partial charge in [-0.05, 0) is 18.7 Å². The third kappa shape index (κ3) is 5.00. The molecule has 1 heterocycles. The van der Waals surface area contributed by atoms with Crippen molar-refractivity contribution in [1.29, 1.82) is 0 Å². The Balaban J connectivity index is 2.27. The molecule has 2 atom stereocenters. The van der Waals surface area contributed by atoms with Crippen LogP contribution in [0.5, 0.6) is 0 Å². The molecular weight excluding hydrogens is 355 g/mol. The first kappa shape index (κ1) is 20.8. The molecule has 2 amide bonds. The molecule has 0 bridgehead atoms. The third-order valence-electron chi connectivity index (χ3n) is 4.91. The number of benzene rings is 1. The van der Waals surface area contributed by atoms with Crippen LogP contribution in [0.2, 0.25) is 0 Å². The number of amides is 2. The molecular formula is C18H25FN4O4. The van der Waals surface area contributed by atoms with E-state index < -0.39 is 28.4 Å². The summed E-state index contributed by atoms with van der Waals surface area (Å²) in [5.41, 5.74) is -0.201. The predicted octanol–water partition coefficient (Wildman–Crippen LogP) is 1.51. The zero-order chi connectivity index (χ0) is 20.1. The van der Waals surface area contributed by atoms with Crippen LogP contribution in [0.15, 0.2) is 18.2 Å². The van der Waals surface area contributed by atoms with Crippen molar-refractivity contribution in [3.05, 3.63) is 39.7 Å². The topological polar surface area (TPSA) is 95.8 Å². The molecule has 148 valence electrons. The van der Waals surface area contributed by atoms with Gasteiger partial charge < -0.3 is 15.1 Å². The van der Waals surface area contributed by atoms with Gasteiger partial charge in [-0.2, -0.15) is 4.39 Å². The second kappa shape index (κ2) is 8.90. The standard InChI is InChI=1S/C18H25FN4O4/c1-4-16(24)20-17(18(25)22-9-7-21(3)8-10-22)12(2)13-5-6-15(23(26)27)14(19)11-13/h5-6,11-12,17H,4,7-10H2,1-3H3,(H,20,24). The van der Waals surface area contributed by atoms with Gasteiger partial charge in [-0.25, -0.2) is 0 Å². The highest BCUT2D eigenvalue weighted by atomic mass is 19.1. The molecule has 1 N–H and O–H groups in total. The van der Waals surface area contributed by atoms with Crippen molar-refractivity contribution in [3.63, 3.8) is 0 Å². The molecule has 2 rings (SSSR count). The molecule has 1 aliphatic heterocycles. The monoisotopic (exact) mass is 380 g/mol. The van der Waals surface area contributed by atoms with Crippen molar-refractivity contribution in [2.75, 3.05) is 33.2 Å². The molecule has 1 aromatic carbocycles. The van der Waals surface area contributed by atoms with Gasteiger partial charge in [0.25, 0.3) is 0 Å². The van der Waals surface area contributed by atoms with Gasteiger partial charge >= 0.3 is 5.69 Å². The van der Waals surface area contributed by atoms with E-state index in [0.717, 1.165) is 25.2 Å². The second-order valence-corrected chi connectivity index (χ2v) is 6.78. The number of nitrogens with one attached hydrogen (secondary N) is 1. The van der Waals surface area contributed by atoms with Crippen LogP contribution in [-0.2, 0) is 9.59 Å². The first-order valence-corrected chi connectivity index (χ1v) is 8.95. The van der Waals surface area contributed by atoms with Gasteiger partial charge in [0, 0.05) is 44.6 Å². The summed E-state index contributed by atoms with van der Waals surface area (Å²) in [6, 6.07) is 2.71. The number of rotatable bonds is 6. The van der Waals surface area contributed by atoms with Crippen LogP contribution in [0.3, 0.4) is 0 Å². The number of nitrogens with zero attached hydrogens (tertiary/aromatic N) is 3. The van der Waals surface area contributed by atoms with E-state index in [9.17, 15) is 24.1 Å². The zero-order valence-electron chi connectivity index (χ0n) is 15.8. The van der Waals surface area contributed by atoms with Gasteiger partial charge in [-0.3, -0.25) is 19.7 Å². The van der Waals surface area contributed by atoms with Crippen molar-refractivity contribution in [1.82, 2.24) is 15.1 Å². The normalized spacial score (nSPS) is 17.3. The lowest BCUT2D eigenvalue weighted by Gasteiger charge is -2.36. The molecule has 0 radical (unpaired) electrons. The van der Waals surface area contributed by atoms with Crippen LogP contribution in [0.4, 0.5) is 10.1 Å². The first-order valence-electron chi connectivity index (χ1n) is 8.95. The minimum absolute atomic E-state index is 0.216. The lowest BCUT2D eigenvalue weighted by molar-refractivity contribution is -0.387. The number of carbonyl (C=O) groups excluding carboxylic acids is 2. The highest BCUT2D eigenvalue weighted by Crippen LogP contribution is 2.26. The van der Waals surface area contributed by atoms with Gasteiger partial charge in [0.05, 0.1) is 4.92 Å². The summed E-state index contributed by atoms with van der Waals surface area (Å²) in [6.07, 6.45) is 0.216. The Hall–Kier alpha value is -2.55. The number of nitro benzene ring substituents is 1. The average molecular weight is 380 g/mol. The average Bonchev–Trinajstić information content (AvgIpc) is 2.65. The summed E-state index contributed by atoms with van der Waals surface area (Å²) in [5, 5.41) is 13.5. The molecule has 27 heavy (non-hydrogen) atoms. The Morgan fingerprint density at radius 1 is 1.30 bits per heavy atom. The van der Waals surface area contributed by atoms with Crippen LogP contribution in [-0.4, -0.2) is 65.8 Å². The fourth-order valence-corrected chi connectivity index (χ4v) is 3.05. The third-order valence-corrected chi connectivity index (χ3v) is 4.91. The number of nitro groups is 1. The van der Waals surface area contributed by atoms with Crippen molar-refractivity contribution in [2.45, 2.75) is 32.2 Å². The molecule has 0 spiro atoms. The van der Waals surface area contributed by atoms with Crippen molar-refractivity contribution < 1.29 is 18.9 Å². The molecule has 1 fully saturated rings. The Morgan fingerprint density at radius 2 is 1.93 bits per heavy atom. The van der Waals surface area contributed by atoms with Crippen LogP contribution >= 0.6 is 0 Å². The van der Waals surface area contributed by atoms with Crippen LogP contribution in [0.1, 0.15) is 31.7 Å². The summed E-state index contributed by atoms with van der Waals surface area (Å²) in [7, 11) is 1.97. The predicted molar refractivity (Wildman–Crippen MR) is 97.8 cm³/mol. The number of halogens is 1. The Morgan fingerprint density at radius 3 is 2.44 bits per heavy atom. The molecule has 1 saturated heterocycles. The molecule has 0 aliphatic carbocycles. The van der Waals surface area contributed by atoms with Gasteiger partial charge in [0.2, 0.25) is 17.6 Å². The number of carbonyl (C=O) groups is 2. The summed E-state index contributed by atoms with van der Waals surface area (Å²) in [6.45, 7) is 5.96. The molecule has 1 aromatic rings. The molecule has 8 nitrogen and oxygen atoms in total. The largest absolute Gasteiger partial charge is 0.344 e. The smallest absolute Gasteiger partial charge is 0.304 e. The lowest BCUT2D eigenvalue weighted by atomic mass is 9.91. The Kier molecular flexibility index (Phi) is 6.84. The minimum atomic E-state index is -0.961. The van der Waals surface area contributed by atoms with Gasteiger partial charge in [0.1, 0.15) is 6.04 Å². The van der Waals surface area contributed by atoms with Crippen molar-refractivity contribution in [2.24, 2.45) is 0 Å².